The molecular formula is C44H65N3O9. The van der Waals surface area contributed by atoms with E-state index in [0.29, 0.717) is 25.9 Å². The Bertz CT molecular complexity index is 1700. The largest absolute Gasteiger partial charge is 0.493 e. The Labute approximate surface area is 333 Å². The minimum absolute atomic E-state index is 0.0337. The predicted octanol–water partition coefficient (Wildman–Crippen LogP) is 5.39. The number of esters is 1. The third-order valence-electron chi connectivity index (χ3n) is 12.1. The van der Waals surface area contributed by atoms with Gasteiger partial charge in [-0.2, -0.15) is 0 Å². The number of rotatable bonds is 7. The molecule has 1 aromatic heterocycles. The molecular weight excluding hydrogens is 714 g/mol. The van der Waals surface area contributed by atoms with Gasteiger partial charge in [0.05, 0.1) is 36.2 Å². The molecule has 13 atom stereocenters. The number of likely N-dealkylation sites (N-methyl/N-ethyl adjacent to an activating group) is 1. The maximum absolute atomic E-state index is 14.4. The summed E-state index contributed by atoms with van der Waals surface area (Å²) in [6, 6.07) is 9.48. The van der Waals surface area contributed by atoms with Crippen molar-refractivity contribution in [3.05, 3.63) is 60.5 Å². The summed E-state index contributed by atoms with van der Waals surface area (Å²) in [5.74, 6) is -3.22. The Morgan fingerprint density at radius 3 is 2.55 bits per heavy atom. The van der Waals surface area contributed by atoms with Gasteiger partial charge in [-0.25, -0.2) is 0 Å². The van der Waals surface area contributed by atoms with Crippen LogP contribution in [-0.2, 0) is 33.3 Å². The lowest BCUT2D eigenvalue weighted by atomic mass is 9.78. The van der Waals surface area contributed by atoms with E-state index in [2.05, 4.69) is 29.0 Å². The summed E-state index contributed by atoms with van der Waals surface area (Å²) in [5.41, 5.74) is -0.868. The summed E-state index contributed by atoms with van der Waals surface area (Å²) in [4.78, 5) is 37.1. The Morgan fingerprint density at radius 1 is 1.11 bits per heavy atom. The van der Waals surface area contributed by atoms with Gasteiger partial charge in [0.15, 0.2) is 12.1 Å². The van der Waals surface area contributed by atoms with Crippen LogP contribution in [0, 0.1) is 17.8 Å². The monoisotopic (exact) mass is 779 g/mol. The van der Waals surface area contributed by atoms with Gasteiger partial charge in [0, 0.05) is 42.7 Å². The summed E-state index contributed by atoms with van der Waals surface area (Å²) in [6.07, 6.45) is 5.56. The first-order chi connectivity index (χ1) is 26.5. The zero-order chi connectivity index (χ0) is 40.9. The van der Waals surface area contributed by atoms with E-state index >= 15 is 0 Å². The van der Waals surface area contributed by atoms with Crippen LogP contribution in [0.15, 0.2) is 54.9 Å². The Balaban J connectivity index is 1.58. The number of ether oxygens (including phenoxy) is 5. The van der Waals surface area contributed by atoms with Crippen LogP contribution < -0.4 is 0 Å². The summed E-state index contributed by atoms with van der Waals surface area (Å²) >= 11 is 0. The molecule has 4 aliphatic heterocycles. The fourth-order valence-corrected chi connectivity index (χ4v) is 8.96. The Kier molecular flexibility index (Phi) is 14.6. The van der Waals surface area contributed by atoms with Crippen molar-refractivity contribution in [2.24, 2.45) is 17.8 Å². The second-order valence-corrected chi connectivity index (χ2v) is 17.0. The van der Waals surface area contributed by atoms with Crippen molar-refractivity contribution in [1.82, 2.24) is 14.8 Å². The molecule has 12 heteroatoms. The van der Waals surface area contributed by atoms with Gasteiger partial charge >= 0.3 is 5.97 Å². The van der Waals surface area contributed by atoms with Crippen LogP contribution in [0.25, 0.3) is 17.0 Å². The van der Waals surface area contributed by atoms with E-state index in [0.717, 1.165) is 16.5 Å². The molecule has 0 spiro atoms. The highest BCUT2D eigenvalue weighted by atomic mass is 16.7. The van der Waals surface area contributed by atoms with E-state index in [1.807, 2.05) is 83.2 Å². The molecule has 2 N–H and O–H groups in total. The number of nitrogens with zero attached hydrogens (tertiary/aromatic N) is 3. The highest BCUT2D eigenvalue weighted by Gasteiger charge is 2.51. The van der Waals surface area contributed by atoms with E-state index in [1.54, 1.807) is 19.9 Å². The second kappa shape index (κ2) is 18.6. The highest BCUT2D eigenvalue weighted by Crippen LogP contribution is 2.38. The molecule has 2 aromatic rings. The van der Waals surface area contributed by atoms with E-state index in [1.165, 1.54) is 13.2 Å². The minimum atomic E-state index is -1.66. The van der Waals surface area contributed by atoms with Gasteiger partial charge in [0.1, 0.15) is 29.8 Å². The van der Waals surface area contributed by atoms with Crippen LogP contribution in [0.5, 0.6) is 0 Å². The van der Waals surface area contributed by atoms with Gasteiger partial charge in [-0.3, -0.25) is 19.5 Å². The molecule has 0 aliphatic carbocycles. The van der Waals surface area contributed by atoms with Gasteiger partial charge in [-0.15, -0.1) is 0 Å². The summed E-state index contributed by atoms with van der Waals surface area (Å²) in [7, 11) is 3.82. The average Bonchev–Trinajstić information content (AvgIpc) is 3.15. The number of aromatic nitrogens is 1. The van der Waals surface area contributed by atoms with Crippen LogP contribution in [0.4, 0.5) is 0 Å². The zero-order valence-corrected chi connectivity index (χ0v) is 35.0. The Morgan fingerprint density at radius 2 is 1.84 bits per heavy atom. The van der Waals surface area contributed by atoms with Crippen LogP contribution in [0.3, 0.4) is 0 Å². The molecule has 0 saturated carbocycles. The molecule has 5 heterocycles. The average molecular weight is 780 g/mol. The van der Waals surface area contributed by atoms with Crippen molar-refractivity contribution in [2.45, 2.75) is 135 Å². The van der Waals surface area contributed by atoms with Crippen LogP contribution >= 0.6 is 0 Å². The lowest BCUT2D eigenvalue weighted by molar-refractivity contribution is -0.297. The molecule has 2 saturated heterocycles. The first-order valence-electron chi connectivity index (χ1n) is 20.3. The molecule has 1 unspecified atom stereocenters. The zero-order valence-electron chi connectivity index (χ0n) is 35.0. The van der Waals surface area contributed by atoms with E-state index in [9.17, 15) is 19.8 Å². The topological polar surface area (TPSA) is 140 Å². The molecule has 56 heavy (non-hydrogen) atoms. The smallest absolute Gasteiger partial charge is 0.316 e. The number of fused-ring (bicyclic) bond motifs is 15. The van der Waals surface area contributed by atoms with Crippen molar-refractivity contribution in [3.63, 3.8) is 0 Å². The maximum Gasteiger partial charge on any atom is 0.316 e. The number of hydrogen-bond donors (Lipinski definition) is 2. The van der Waals surface area contributed by atoms with Crippen molar-refractivity contribution in [1.29, 1.82) is 0 Å². The molecule has 0 radical (unpaired) electrons. The third-order valence-corrected chi connectivity index (χ3v) is 12.1. The van der Waals surface area contributed by atoms with Gasteiger partial charge in [-0.05, 0) is 97.7 Å². The summed E-state index contributed by atoms with van der Waals surface area (Å²) in [6.45, 7) is 15.9. The third kappa shape index (κ3) is 9.89. The predicted molar refractivity (Wildman–Crippen MR) is 215 cm³/mol. The van der Waals surface area contributed by atoms with E-state index < -0.39 is 65.5 Å². The van der Waals surface area contributed by atoms with Crippen molar-refractivity contribution >= 4 is 28.7 Å². The summed E-state index contributed by atoms with van der Waals surface area (Å²) in [5, 5.41) is 25.0. The SMILES string of the molecule is CC[C@H]1OC(=O)C(C)C(=O)[C@H](C)[C@@H](O[C@@H]2O[C@H](C)C[C@H](N(C)C)[C@H]2O)[C@@]2(C)C[C@@H](C)CN(C/C=C/c3cnc4ccccc4c3)[C@H](C)[C@@H](O/C=C/CO2)[C@]1(C)O. The quantitative estimate of drug-likeness (QED) is 0.275. The molecule has 2 fully saturated rings. The fraction of sp³-hybridized carbons (Fsp3) is 0.659. The number of hydrogen-bond acceptors (Lipinski definition) is 12. The Hall–Kier alpha value is -3.23. The number of Topliss-reactive ketones (excluding diaryl/α,β-unsaturated/α-hetero) is 1. The van der Waals surface area contributed by atoms with Crippen molar-refractivity contribution < 1.29 is 43.5 Å². The van der Waals surface area contributed by atoms with E-state index in [-0.39, 0.29) is 37.1 Å². The van der Waals surface area contributed by atoms with Gasteiger partial charge in [0.25, 0.3) is 0 Å². The van der Waals surface area contributed by atoms with Gasteiger partial charge < -0.3 is 38.8 Å². The molecule has 12 nitrogen and oxygen atoms in total. The second-order valence-electron chi connectivity index (χ2n) is 17.0. The van der Waals surface area contributed by atoms with E-state index in [4.69, 9.17) is 23.7 Å². The standard InChI is InChI=1S/C44H65N3O9/c1-11-36-44(8,51)40-31(6)47(19-14-16-32-23-33-17-12-13-18-34(33)45-25-32)26-27(2)24-43(7,53-21-15-20-52-40)39(29(4)37(48)30(5)41(50)55-36)56-42-38(49)35(46(9)10)22-28(3)54-42/h12-18,20,23,25,27-31,35-36,38-40,42,49,51H,11,19,21-22,24,26H2,1-10H3/b16-14+,20-15+/t27-,28-,29+,30?,31-,35+,36-,38-,39-,40-,42+,43-,44-/m1/s1. The number of aliphatic hydroxyl groups is 2. The number of pyridine rings is 1. The molecule has 6 rings (SSSR count). The van der Waals surface area contributed by atoms with Crippen LogP contribution in [-0.4, -0.2) is 131 Å². The van der Waals surface area contributed by atoms with Crippen LogP contribution in [0.1, 0.15) is 80.2 Å². The molecule has 0 amide bonds. The number of carbonyl (C=O) groups excluding carboxylic acids is 2. The number of ketones is 1. The summed E-state index contributed by atoms with van der Waals surface area (Å²) < 4.78 is 32.2. The first-order valence-corrected chi connectivity index (χ1v) is 20.3. The number of para-hydroxylation sites is 1. The maximum atomic E-state index is 14.4. The van der Waals surface area contributed by atoms with Gasteiger partial charge in [-0.1, -0.05) is 51.1 Å². The fourth-order valence-electron chi connectivity index (χ4n) is 8.96. The molecule has 310 valence electrons. The van der Waals surface area contributed by atoms with Crippen molar-refractivity contribution in [2.75, 3.05) is 33.8 Å². The number of aliphatic hydroxyl groups excluding tert-OH is 1. The minimum Gasteiger partial charge on any atom is -0.493 e. The molecule has 1 aromatic carbocycles. The van der Waals surface area contributed by atoms with Crippen LogP contribution in [0.2, 0.25) is 0 Å². The molecule has 2 bridgehead atoms. The lowest BCUT2D eigenvalue weighted by Gasteiger charge is -2.47. The normalized spacial score (nSPS) is 39.0. The van der Waals surface area contributed by atoms with Gasteiger partial charge in [0.2, 0.25) is 0 Å². The first kappa shape index (κ1) is 43.9. The highest BCUT2D eigenvalue weighted by molar-refractivity contribution is 6.00. The molecule has 4 aliphatic rings. The number of carbonyl (C=O) groups is 2. The number of benzene rings is 1. The lowest BCUT2D eigenvalue weighted by Crippen LogP contribution is -2.60. The van der Waals surface area contributed by atoms with Crippen molar-refractivity contribution in [3.8, 4) is 0 Å².